The number of benzene rings is 1. The SMILES string of the molecule is CSc1cc2c(cc1C=O)C(C(=O)C(C)=O)C=CC2. The first-order valence-corrected chi connectivity index (χ1v) is 7.18. The highest BCUT2D eigenvalue weighted by Crippen LogP contribution is 2.32. The van der Waals surface area contributed by atoms with E-state index in [0.717, 1.165) is 28.7 Å². The summed E-state index contributed by atoms with van der Waals surface area (Å²) in [5.74, 6) is -1.43. The van der Waals surface area contributed by atoms with Gasteiger partial charge in [-0.1, -0.05) is 12.2 Å². The summed E-state index contributed by atoms with van der Waals surface area (Å²) >= 11 is 1.50. The molecule has 1 aromatic rings. The van der Waals surface area contributed by atoms with Crippen LogP contribution in [-0.4, -0.2) is 24.1 Å². The number of carbonyl (C=O) groups is 3. The Kier molecular flexibility index (Phi) is 4.00. The average molecular weight is 274 g/mol. The zero-order chi connectivity index (χ0) is 14.0. The molecular weight excluding hydrogens is 260 g/mol. The smallest absolute Gasteiger partial charge is 0.209 e. The summed E-state index contributed by atoms with van der Waals surface area (Å²) in [5.41, 5.74) is 2.36. The van der Waals surface area contributed by atoms with Crippen LogP contribution in [0, 0.1) is 0 Å². The molecule has 1 unspecified atom stereocenters. The highest BCUT2D eigenvalue weighted by molar-refractivity contribution is 7.98. The summed E-state index contributed by atoms with van der Waals surface area (Å²) in [4.78, 5) is 35.2. The van der Waals surface area contributed by atoms with E-state index in [1.807, 2.05) is 18.4 Å². The minimum absolute atomic E-state index is 0.425. The molecule has 0 saturated carbocycles. The Morgan fingerprint density at radius 3 is 2.68 bits per heavy atom. The molecule has 19 heavy (non-hydrogen) atoms. The molecule has 4 heteroatoms. The molecule has 98 valence electrons. The molecule has 0 saturated heterocycles. The van der Waals surface area contributed by atoms with Crippen molar-refractivity contribution in [3.8, 4) is 0 Å². The molecule has 1 atom stereocenters. The van der Waals surface area contributed by atoms with Gasteiger partial charge in [-0.25, -0.2) is 0 Å². The van der Waals surface area contributed by atoms with Gasteiger partial charge in [-0.15, -0.1) is 11.8 Å². The van der Waals surface area contributed by atoms with Gasteiger partial charge in [-0.05, 0) is 35.9 Å². The fourth-order valence-electron chi connectivity index (χ4n) is 2.27. The summed E-state index contributed by atoms with van der Waals surface area (Å²) in [6.07, 6.45) is 7.08. The van der Waals surface area contributed by atoms with Crippen LogP contribution in [0.1, 0.15) is 34.3 Å². The van der Waals surface area contributed by atoms with Crippen LogP contribution in [0.25, 0.3) is 0 Å². The van der Waals surface area contributed by atoms with Gasteiger partial charge in [-0.2, -0.15) is 0 Å². The zero-order valence-electron chi connectivity index (χ0n) is 10.8. The van der Waals surface area contributed by atoms with Gasteiger partial charge in [0.15, 0.2) is 12.1 Å². The quantitative estimate of drug-likeness (QED) is 0.366. The molecule has 2 rings (SSSR count). The minimum Gasteiger partial charge on any atom is -0.298 e. The van der Waals surface area contributed by atoms with Crippen molar-refractivity contribution in [1.29, 1.82) is 0 Å². The summed E-state index contributed by atoms with van der Waals surface area (Å²) in [5, 5.41) is 0. The van der Waals surface area contributed by atoms with Gasteiger partial charge >= 0.3 is 0 Å². The number of hydrogen-bond acceptors (Lipinski definition) is 4. The Bertz CT molecular complexity index is 587. The van der Waals surface area contributed by atoms with Gasteiger partial charge in [0.1, 0.15) is 0 Å². The van der Waals surface area contributed by atoms with Crippen molar-refractivity contribution in [3.63, 3.8) is 0 Å². The Morgan fingerprint density at radius 2 is 2.11 bits per heavy atom. The van der Waals surface area contributed by atoms with Crippen LogP contribution < -0.4 is 0 Å². The molecular formula is C15H14O3S. The molecule has 0 aromatic heterocycles. The van der Waals surface area contributed by atoms with E-state index in [9.17, 15) is 14.4 Å². The third kappa shape index (κ3) is 2.54. The number of thioether (sulfide) groups is 1. The Labute approximate surface area is 116 Å². The lowest BCUT2D eigenvalue weighted by Crippen LogP contribution is -2.21. The number of allylic oxidation sites excluding steroid dienone is 2. The highest BCUT2D eigenvalue weighted by Gasteiger charge is 2.26. The van der Waals surface area contributed by atoms with Crippen molar-refractivity contribution >= 4 is 29.6 Å². The standard InChI is InChI=1S/C15H14O3S/c1-9(17)15(18)12-5-3-4-10-7-14(19-2)11(8-16)6-13(10)12/h3,5-8,12H,4H2,1-2H3. The fourth-order valence-corrected chi connectivity index (χ4v) is 2.88. The summed E-state index contributed by atoms with van der Waals surface area (Å²) in [7, 11) is 0. The highest BCUT2D eigenvalue weighted by atomic mass is 32.2. The van der Waals surface area contributed by atoms with E-state index < -0.39 is 17.5 Å². The Morgan fingerprint density at radius 1 is 1.37 bits per heavy atom. The van der Waals surface area contributed by atoms with Crippen LogP contribution in [0.4, 0.5) is 0 Å². The van der Waals surface area contributed by atoms with Crippen molar-refractivity contribution in [2.75, 3.05) is 6.26 Å². The fraction of sp³-hybridized carbons (Fsp3) is 0.267. The molecule has 3 nitrogen and oxygen atoms in total. The molecule has 0 spiro atoms. The molecule has 0 fully saturated rings. The molecule has 1 aliphatic rings. The van der Waals surface area contributed by atoms with Gasteiger partial charge in [0.25, 0.3) is 0 Å². The van der Waals surface area contributed by atoms with Gasteiger partial charge in [0.05, 0.1) is 5.92 Å². The summed E-state index contributed by atoms with van der Waals surface area (Å²) in [6, 6.07) is 3.68. The molecule has 0 aliphatic heterocycles. The van der Waals surface area contributed by atoms with E-state index in [1.54, 1.807) is 12.1 Å². The maximum absolute atomic E-state index is 11.9. The van der Waals surface area contributed by atoms with Gasteiger partial charge in [0, 0.05) is 17.4 Å². The van der Waals surface area contributed by atoms with E-state index in [0.29, 0.717) is 5.56 Å². The maximum Gasteiger partial charge on any atom is 0.209 e. The number of Topliss-reactive ketones (excluding diaryl/α,β-unsaturated/α-hetero) is 2. The number of aldehydes is 1. The van der Waals surface area contributed by atoms with E-state index >= 15 is 0 Å². The van der Waals surface area contributed by atoms with Crippen molar-refractivity contribution in [1.82, 2.24) is 0 Å². The van der Waals surface area contributed by atoms with Crippen molar-refractivity contribution in [2.45, 2.75) is 24.2 Å². The number of hydrogen-bond donors (Lipinski definition) is 0. The molecule has 0 amide bonds. The van der Waals surface area contributed by atoms with Crippen LogP contribution >= 0.6 is 11.8 Å². The predicted molar refractivity (Wildman–Crippen MR) is 74.9 cm³/mol. The first-order chi connectivity index (χ1) is 9.08. The predicted octanol–water partition coefficient (Wildman–Crippen LogP) is 2.58. The van der Waals surface area contributed by atoms with Crippen LogP contribution in [0.5, 0.6) is 0 Å². The van der Waals surface area contributed by atoms with E-state index in [1.165, 1.54) is 18.7 Å². The monoisotopic (exact) mass is 274 g/mol. The van der Waals surface area contributed by atoms with Crippen LogP contribution in [0.15, 0.2) is 29.2 Å². The zero-order valence-corrected chi connectivity index (χ0v) is 11.6. The lowest BCUT2D eigenvalue weighted by Gasteiger charge is -2.20. The van der Waals surface area contributed by atoms with E-state index in [4.69, 9.17) is 0 Å². The van der Waals surface area contributed by atoms with Crippen LogP contribution in [-0.2, 0) is 16.0 Å². The lowest BCUT2D eigenvalue weighted by molar-refractivity contribution is -0.135. The second kappa shape index (κ2) is 5.53. The van der Waals surface area contributed by atoms with E-state index in [-0.39, 0.29) is 0 Å². The van der Waals surface area contributed by atoms with Crippen LogP contribution in [0.3, 0.4) is 0 Å². The number of fused-ring (bicyclic) bond motifs is 1. The average Bonchev–Trinajstić information content (AvgIpc) is 2.44. The molecule has 0 bridgehead atoms. The first-order valence-electron chi connectivity index (χ1n) is 5.96. The van der Waals surface area contributed by atoms with Crippen molar-refractivity contribution in [3.05, 3.63) is 41.0 Å². The largest absolute Gasteiger partial charge is 0.298 e. The maximum atomic E-state index is 11.9. The third-order valence-corrected chi connectivity index (χ3v) is 4.04. The molecule has 0 N–H and O–H groups in total. The Hall–Kier alpha value is -1.68. The van der Waals surface area contributed by atoms with Gasteiger partial charge in [-0.3, -0.25) is 14.4 Å². The number of ketones is 2. The second-order valence-electron chi connectivity index (χ2n) is 4.44. The molecule has 1 aliphatic carbocycles. The third-order valence-electron chi connectivity index (χ3n) is 3.25. The number of rotatable bonds is 4. The topological polar surface area (TPSA) is 51.2 Å². The summed E-state index contributed by atoms with van der Waals surface area (Å²) < 4.78 is 0. The first kappa shape index (κ1) is 13.7. The van der Waals surface area contributed by atoms with Crippen molar-refractivity contribution < 1.29 is 14.4 Å². The molecule has 0 heterocycles. The minimum atomic E-state index is -0.546. The molecule has 0 radical (unpaired) electrons. The molecule has 1 aromatic carbocycles. The summed E-state index contributed by atoms with van der Waals surface area (Å²) in [6.45, 7) is 1.28. The Balaban J connectivity index is 2.55. The van der Waals surface area contributed by atoms with Gasteiger partial charge < -0.3 is 0 Å². The van der Waals surface area contributed by atoms with E-state index in [2.05, 4.69) is 0 Å². The lowest BCUT2D eigenvalue weighted by atomic mass is 9.83. The van der Waals surface area contributed by atoms with Crippen molar-refractivity contribution in [2.24, 2.45) is 0 Å². The second-order valence-corrected chi connectivity index (χ2v) is 5.29. The van der Waals surface area contributed by atoms with Crippen LogP contribution in [0.2, 0.25) is 0 Å². The number of carbonyl (C=O) groups excluding carboxylic acids is 3. The van der Waals surface area contributed by atoms with Gasteiger partial charge in [0.2, 0.25) is 5.78 Å². The normalized spacial score (nSPS) is 16.8.